The molecule has 0 spiro atoms. The Kier molecular flexibility index (Phi) is 3.51. The van der Waals surface area contributed by atoms with E-state index in [0.717, 1.165) is 33.6 Å². The standard InChI is InChI=1S/C19H14N6OS/c1-11-21-7-13-5-4-12(9-25(11)13)18(26)24-19-23-16(10-27-19)15-8-22-17-14(15)3-2-6-20-17/h2-10H,1H3,(H,20,22)(H,23,24,26). The maximum Gasteiger partial charge on any atom is 0.258 e. The van der Waals surface area contributed by atoms with Crippen LogP contribution in [0.4, 0.5) is 5.13 Å². The number of hydrogen-bond acceptors (Lipinski definition) is 5. The molecule has 132 valence electrons. The van der Waals surface area contributed by atoms with Crippen molar-refractivity contribution in [1.29, 1.82) is 0 Å². The number of nitrogens with one attached hydrogen (secondary N) is 2. The van der Waals surface area contributed by atoms with Gasteiger partial charge in [0.25, 0.3) is 5.91 Å². The van der Waals surface area contributed by atoms with Crippen LogP contribution in [0, 0.1) is 6.92 Å². The van der Waals surface area contributed by atoms with Gasteiger partial charge in [0.05, 0.1) is 23.0 Å². The van der Waals surface area contributed by atoms with Crippen molar-refractivity contribution >= 4 is 38.9 Å². The highest BCUT2D eigenvalue weighted by molar-refractivity contribution is 7.14. The summed E-state index contributed by atoms with van der Waals surface area (Å²) in [7, 11) is 0. The van der Waals surface area contributed by atoms with Crippen LogP contribution in [0.25, 0.3) is 27.8 Å². The average molecular weight is 374 g/mol. The molecule has 5 aromatic rings. The number of pyridine rings is 2. The van der Waals surface area contributed by atoms with Gasteiger partial charge in [-0.15, -0.1) is 11.3 Å². The molecule has 2 N–H and O–H groups in total. The van der Waals surface area contributed by atoms with E-state index in [2.05, 4.69) is 25.3 Å². The molecule has 0 unspecified atom stereocenters. The van der Waals surface area contributed by atoms with Crippen LogP contribution in [0.15, 0.2) is 54.4 Å². The minimum Gasteiger partial charge on any atom is -0.345 e. The Morgan fingerprint density at radius 2 is 2.19 bits per heavy atom. The van der Waals surface area contributed by atoms with E-state index in [1.165, 1.54) is 11.3 Å². The van der Waals surface area contributed by atoms with Crippen molar-refractivity contribution in [2.24, 2.45) is 0 Å². The van der Waals surface area contributed by atoms with Crippen molar-refractivity contribution in [2.75, 3.05) is 5.32 Å². The number of aromatic amines is 1. The second kappa shape index (κ2) is 6.03. The molecule has 5 aromatic heterocycles. The summed E-state index contributed by atoms with van der Waals surface area (Å²) in [5.74, 6) is 0.635. The topological polar surface area (TPSA) is 88.0 Å². The van der Waals surface area contributed by atoms with Crippen LogP contribution in [-0.4, -0.2) is 30.2 Å². The Hall–Kier alpha value is -3.52. The van der Waals surface area contributed by atoms with Crippen LogP contribution in [0.3, 0.4) is 0 Å². The molecule has 0 saturated heterocycles. The predicted octanol–water partition coefficient (Wildman–Crippen LogP) is 3.89. The third-order valence-corrected chi connectivity index (χ3v) is 5.18. The summed E-state index contributed by atoms with van der Waals surface area (Å²) < 4.78 is 1.89. The molecule has 0 atom stereocenters. The average Bonchev–Trinajstić information content (AvgIpc) is 3.40. The zero-order valence-corrected chi connectivity index (χ0v) is 15.1. The Balaban J connectivity index is 1.42. The van der Waals surface area contributed by atoms with Gasteiger partial charge in [0.1, 0.15) is 11.5 Å². The van der Waals surface area contributed by atoms with E-state index in [0.29, 0.717) is 10.7 Å². The van der Waals surface area contributed by atoms with Gasteiger partial charge in [0.15, 0.2) is 5.13 Å². The van der Waals surface area contributed by atoms with Crippen molar-refractivity contribution in [3.8, 4) is 11.3 Å². The van der Waals surface area contributed by atoms with Crippen molar-refractivity contribution in [3.05, 3.63) is 65.8 Å². The van der Waals surface area contributed by atoms with Crippen LogP contribution in [-0.2, 0) is 0 Å². The monoisotopic (exact) mass is 374 g/mol. The van der Waals surface area contributed by atoms with Gasteiger partial charge in [0.2, 0.25) is 0 Å². The Bertz CT molecular complexity index is 1300. The minimum atomic E-state index is -0.202. The van der Waals surface area contributed by atoms with Crippen LogP contribution in [0.5, 0.6) is 0 Å². The lowest BCUT2D eigenvalue weighted by Crippen LogP contribution is -2.12. The number of aromatic nitrogens is 5. The second-order valence-corrected chi connectivity index (χ2v) is 6.97. The number of amides is 1. The largest absolute Gasteiger partial charge is 0.345 e. The van der Waals surface area contributed by atoms with Crippen molar-refractivity contribution in [1.82, 2.24) is 24.3 Å². The molecule has 5 heterocycles. The highest BCUT2D eigenvalue weighted by Crippen LogP contribution is 2.30. The Morgan fingerprint density at radius 3 is 3.11 bits per heavy atom. The molecule has 0 fully saturated rings. The van der Waals surface area contributed by atoms with E-state index in [4.69, 9.17) is 0 Å². The van der Waals surface area contributed by atoms with E-state index in [-0.39, 0.29) is 5.91 Å². The highest BCUT2D eigenvalue weighted by atomic mass is 32.1. The molecule has 0 radical (unpaired) electrons. The first-order valence-corrected chi connectivity index (χ1v) is 9.20. The molecule has 0 saturated carbocycles. The first-order valence-electron chi connectivity index (χ1n) is 8.32. The van der Waals surface area contributed by atoms with Crippen molar-refractivity contribution in [2.45, 2.75) is 6.92 Å². The van der Waals surface area contributed by atoms with E-state index in [1.54, 1.807) is 24.7 Å². The number of aryl methyl sites for hydroxylation is 1. The van der Waals surface area contributed by atoms with Crippen LogP contribution in [0.2, 0.25) is 0 Å². The van der Waals surface area contributed by atoms with Gasteiger partial charge in [-0.2, -0.15) is 0 Å². The van der Waals surface area contributed by atoms with Crippen LogP contribution < -0.4 is 5.32 Å². The zero-order valence-electron chi connectivity index (χ0n) is 14.3. The number of H-pyrrole nitrogens is 1. The summed E-state index contributed by atoms with van der Waals surface area (Å²) >= 11 is 1.39. The first-order chi connectivity index (χ1) is 13.2. The number of rotatable bonds is 3. The lowest BCUT2D eigenvalue weighted by Gasteiger charge is -2.03. The molecule has 27 heavy (non-hydrogen) atoms. The van der Waals surface area contributed by atoms with Gasteiger partial charge < -0.3 is 9.38 Å². The minimum absolute atomic E-state index is 0.202. The molecule has 1 amide bonds. The summed E-state index contributed by atoms with van der Waals surface area (Å²) in [4.78, 5) is 28.8. The number of imidazole rings is 1. The maximum atomic E-state index is 12.6. The fraction of sp³-hybridized carbons (Fsp3) is 0.0526. The molecular weight excluding hydrogens is 360 g/mol. The molecule has 0 aliphatic carbocycles. The number of thiazole rings is 1. The predicted molar refractivity (Wildman–Crippen MR) is 105 cm³/mol. The highest BCUT2D eigenvalue weighted by Gasteiger charge is 2.13. The van der Waals surface area contributed by atoms with Gasteiger partial charge in [-0.25, -0.2) is 15.0 Å². The van der Waals surface area contributed by atoms with Crippen molar-refractivity contribution in [3.63, 3.8) is 0 Å². The maximum absolute atomic E-state index is 12.6. The quantitative estimate of drug-likeness (QED) is 0.501. The Morgan fingerprint density at radius 1 is 1.26 bits per heavy atom. The SMILES string of the molecule is Cc1ncc2ccc(C(=O)Nc3nc(-c4c[nH]c5ncccc45)cs3)cn12. The van der Waals surface area contributed by atoms with Crippen LogP contribution >= 0.6 is 11.3 Å². The molecule has 0 aliphatic heterocycles. The Labute approximate surface area is 157 Å². The summed E-state index contributed by atoms with van der Waals surface area (Å²) in [5, 5.41) is 6.35. The van der Waals surface area contributed by atoms with E-state index in [9.17, 15) is 4.79 Å². The van der Waals surface area contributed by atoms with E-state index >= 15 is 0 Å². The van der Waals surface area contributed by atoms with Crippen LogP contribution in [0.1, 0.15) is 16.2 Å². The fourth-order valence-corrected chi connectivity index (χ4v) is 3.75. The van der Waals surface area contributed by atoms with Gasteiger partial charge >= 0.3 is 0 Å². The molecule has 7 nitrogen and oxygen atoms in total. The lowest BCUT2D eigenvalue weighted by molar-refractivity contribution is 0.102. The van der Waals surface area contributed by atoms with E-state index < -0.39 is 0 Å². The summed E-state index contributed by atoms with van der Waals surface area (Å²) in [6.45, 7) is 1.90. The molecule has 0 aromatic carbocycles. The molecule has 8 heteroatoms. The zero-order chi connectivity index (χ0) is 18.4. The van der Waals surface area contributed by atoms with Gasteiger partial charge in [0, 0.05) is 34.9 Å². The smallest absolute Gasteiger partial charge is 0.258 e. The number of carbonyl (C=O) groups is 1. The number of anilines is 1. The number of hydrogen-bond donors (Lipinski definition) is 2. The summed E-state index contributed by atoms with van der Waals surface area (Å²) in [5.41, 5.74) is 4.08. The fourth-order valence-electron chi connectivity index (χ4n) is 3.05. The van der Waals surface area contributed by atoms with Crippen molar-refractivity contribution < 1.29 is 4.79 Å². The van der Waals surface area contributed by atoms with Gasteiger partial charge in [-0.05, 0) is 31.2 Å². The van der Waals surface area contributed by atoms with Gasteiger partial charge in [-0.3, -0.25) is 10.1 Å². The third-order valence-electron chi connectivity index (χ3n) is 4.43. The summed E-state index contributed by atoms with van der Waals surface area (Å²) in [6, 6.07) is 7.55. The summed E-state index contributed by atoms with van der Waals surface area (Å²) in [6.07, 6.45) is 7.19. The van der Waals surface area contributed by atoms with E-state index in [1.807, 2.05) is 41.1 Å². The third kappa shape index (κ3) is 2.67. The number of nitrogens with zero attached hydrogens (tertiary/aromatic N) is 4. The molecule has 0 aliphatic rings. The normalized spacial score (nSPS) is 11.3. The molecular formula is C19H14N6OS. The van der Waals surface area contributed by atoms with Gasteiger partial charge in [-0.1, -0.05) is 0 Å². The molecule has 0 bridgehead atoms. The first kappa shape index (κ1) is 15.7. The second-order valence-electron chi connectivity index (χ2n) is 6.11. The molecule has 5 rings (SSSR count). The number of carbonyl (C=O) groups excluding carboxylic acids is 1. The number of fused-ring (bicyclic) bond motifs is 2. The lowest BCUT2D eigenvalue weighted by atomic mass is 10.2.